The fraction of sp³-hybridized carbons (Fsp3) is 0.600. The molecule has 0 aliphatic heterocycles. The normalized spacial score (nSPS) is 33.3. The maximum atomic E-state index is 12.4. The Morgan fingerprint density at radius 3 is 2.57 bits per heavy atom. The summed E-state index contributed by atoms with van der Waals surface area (Å²) in [6.07, 6.45) is 2.76. The Balaban J connectivity index is 2.11. The van der Waals surface area contributed by atoms with E-state index in [2.05, 4.69) is 39.0 Å². The average molecular weight is 314 g/mol. The van der Waals surface area contributed by atoms with Gasteiger partial charge >= 0.3 is 5.97 Å². The highest BCUT2D eigenvalue weighted by Crippen LogP contribution is 2.56. The maximum Gasteiger partial charge on any atom is 0.317 e. The Morgan fingerprint density at radius 2 is 1.96 bits per heavy atom. The molecule has 3 nitrogen and oxygen atoms in total. The highest BCUT2D eigenvalue weighted by molar-refractivity contribution is 6.04. The minimum atomic E-state index is -1.25. The molecule has 0 amide bonds. The third-order valence-corrected chi connectivity index (χ3v) is 6.47. The molecular formula is C20H26O3. The van der Waals surface area contributed by atoms with E-state index < -0.39 is 11.4 Å². The summed E-state index contributed by atoms with van der Waals surface area (Å²) < 4.78 is 0. The van der Waals surface area contributed by atoms with E-state index in [9.17, 15) is 14.7 Å². The first kappa shape index (κ1) is 16.2. The van der Waals surface area contributed by atoms with E-state index in [1.807, 2.05) is 0 Å². The van der Waals surface area contributed by atoms with E-state index in [-0.39, 0.29) is 17.1 Å². The molecular weight excluding hydrogens is 288 g/mol. The van der Waals surface area contributed by atoms with Crippen LogP contribution in [0.4, 0.5) is 0 Å². The highest BCUT2D eigenvalue weighted by Gasteiger charge is 2.59. The van der Waals surface area contributed by atoms with Crippen LogP contribution in [-0.2, 0) is 21.4 Å². The lowest BCUT2D eigenvalue weighted by molar-refractivity contribution is -0.164. The molecule has 2 aliphatic carbocycles. The van der Waals surface area contributed by atoms with Gasteiger partial charge in [0.2, 0.25) is 0 Å². The Bertz CT molecular complexity index is 675. The van der Waals surface area contributed by atoms with Gasteiger partial charge in [-0.25, -0.2) is 0 Å². The van der Waals surface area contributed by atoms with Crippen LogP contribution in [0.1, 0.15) is 69.6 Å². The molecule has 0 aromatic heterocycles. The Morgan fingerprint density at radius 1 is 1.26 bits per heavy atom. The lowest BCUT2D eigenvalue weighted by Gasteiger charge is -2.52. The van der Waals surface area contributed by atoms with Crippen molar-refractivity contribution in [3.63, 3.8) is 0 Å². The van der Waals surface area contributed by atoms with E-state index in [0.717, 1.165) is 19.3 Å². The number of carbonyl (C=O) groups is 2. The van der Waals surface area contributed by atoms with Gasteiger partial charge in [0.05, 0.1) is 0 Å². The summed E-state index contributed by atoms with van der Waals surface area (Å²) in [6.45, 7) is 8.19. The van der Waals surface area contributed by atoms with E-state index >= 15 is 0 Å². The second-order valence-corrected chi connectivity index (χ2v) is 8.01. The number of aryl methyl sites for hydroxylation is 1. The Kier molecular flexibility index (Phi) is 3.66. The summed E-state index contributed by atoms with van der Waals surface area (Å²) in [5, 5.41) is 9.77. The van der Waals surface area contributed by atoms with Gasteiger partial charge in [-0.3, -0.25) is 9.59 Å². The molecule has 0 saturated heterocycles. The first-order valence-electron chi connectivity index (χ1n) is 8.61. The van der Waals surface area contributed by atoms with Crippen molar-refractivity contribution >= 4 is 11.8 Å². The van der Waals surface area contributed by atoms with Crippen molar-refractivity contribution in [2.24, 2.45) is 11.3 Å². The van der Waals surface area contributed by atoms with Gasteiger partial charge in [-0.2, -0.15) is 0 Å². The van der Waals surface area contributed by atoms with E-state index in [0.29, 0.717) is 12.3 Å². The number of carboxylic acid groups (broad SMARTS) is 1. The van der Waals surface area contributed by atoms with E-state index in [4.69, 9.17) is 0 Å². The predicted octanol–water partition coefficient (Wildman–Crippen LogP) is 4.08. The van der Waals surface area contributed by atoms with Crippen LogP contribution in [0.3, 0.4) is 0 Å². The minimum Gasteiger partial charge on any atom is -0.480 e. The highest BCUT2D eigenvalue weighted by atomic mass is 16.4. The SMILES string of the molecule is CC(C)c1ccc2c(c1)CC[C@H]1[C@](C)(C(=O)O)C(=O)CC[C@]21C. The molecule has 3 atom stereocenters. The van der Waals surface area contributed by atoms with Crippen LogP contribution in [-0.4, -0.2) is 16.9 Å². The number of ketones is 1. The van der Waals surface area contributed by atoms with Crippen LogP contribution in [0.5, 0.6) is 0 Å². The Labute approximate surface area is 138 Å². The molecule has 1 saturated carbocycles. The smallest absolute Gasteiger partial charge is 0.317 e. The van der Waals surface area contributed by atoms with E-state index in [1.165, 1.54) is 16.7 Å². The van der Waals surface area contributed by atoms with Crippen molar-refractivity contribution in [3.8, 4) is 0 Å². The standard InChI is InChI=1S/C20H26O3/c1-12(2)13-5-7-15-14(11-13)6-8-16-19(15,3)10-9-17(21)20(16,4)18(22)23/h5,7,11-12,16H,6,8-10H2,1-4H3,(H,22,23)/t16-,19-,20+/m1/s1. The molecule has 1 aromatic carbocycles. The van der Waals surface area contributed by atoms with E-state index in [1.54, 1.807) is 6.92 Å². The summed E-state index contributed by atoms with van der Waals surface area (Å²) in [5.41, 5.74) is 2.47. The number of Topliss-reactive ketones (excluding diaryl/α,β-unsaturated/α-hetero) is 1. The van der Waals surface area contributed by atoms with Crippen molar-refractivity contribution < 1.29 is 14.7 Å². The van der Waals surface area contributed by atoms with Crippen LogP contribution in [0.2, 0.25) is 0 Å². The summed E-state index contributed by atoms with van der Waals surface area (Å²) in [5.74, 6) is -0.690. The zero-order valence-electron chi connectivity index (χ0n) is 14.5. The van der Waals surface area contributed by atoms with Gasteiger partial charge in [0.25, 0.3) is 0 Å². The number of carboxylic acids is 1. The maximum absolute atomic E-state index is 12.4. The average Bonchev–Trinajstić information content (AvgIpc) is 2.50. The lowest BCUT2D eigenvalue weighted by atomic mass is 9.49. The number of benzene rings is 1. The number of carbonyl (C=O) groups excluding carboxylic acids is 1. The van der Waals surface area contributed by atoms with Crippen LogP contribution in [0.15, 0.2) is 18.2 Å². The van der Waals surface area contributed by atoms with Crippen molar-refractivity contribution in [2.45, 2.75) is 64.7 Å². The monoisotopic (exact) mass is 314 g/mol. The first-order chi connectivity index (χ1) is 10.7. The minimum absolute atomic E-state index is 0.102. The molecule has 1 N–H and O–H groups in total. The molecule has 0 bridgehead atoms. The molecule has 3 rings (SSSR count). The number of hydrogen-bond donors (Lipinski definition) is 1. The number of hydrogen-bond acceptors (Lipinski definition) is 2. The lowest BCUT2D eigenvalue weighted by Crippen LogP contribution is -2.56. The van der Waals surface area contributed by atoms with Gasteiger partial charge in [0.1, 0.15) is 11.2 Å². The number of aliphatic carboxylic acids is 1. The molecule has 1 fully saturated rings. The summed E-state index contributed by atoms with van der Waals surface area (Å²) in [7, 11) is 0. The molecule has 3 heteroatoms. The quantitative estimate of drug-likeness (QED) is 0.837. The van der Waals surface area contributed by atoms with Gasteiger partial charge in [0, 0.05) is 6.42 Å². The first-order valence-corrected chi connectivity index (χ1v) is 8.61. The van der Waals surface area contributed by atoms with Gasteiger partial charge in [-0.15, -0.1) is 0 Å². The molecule has 0 heterocycles. The van der Waals surface area contributed by atoms with Crippen LogP contribution in [0.25, 0.3) is 0 Å². The van der Waals surface area contributed by atoms with Crippen LogP contribution >= 0.6 is 0 Å². The van der Waals surface area contributed by atoms with Gasteiger partial charge < -0.3 is 5.11 Å². The van der Waals surface area contributed by atoms with Crippen molar-refractivity contribution in [1.29, 1.82) is 0 Å². The van der Waals surface area contributed by atoms with Crippen LogP contribution < -0.4 is 0 Å². The van der Waals surface area contributed by atoms with Gasteiger partial charge in [-0.1, -0.05) is 39.0 Å². The van der Waals surface area contributed by atoms with Gasteiger partial charge in [0.15, 0.2) is 0 Å². The largest absolute Gasteiger partial charge is 0.480 e. The third-order valence-electron chi connectivity index (χ3n) is 6.47. The van der Waals surface area contributed by atoms with Crippen molar-refractivity contribution in [1.82, 2.24) is 0 Å². The molecule has 1 aromatic rings. The van der Waals surface area contributed by atoms with Crippen LogP contribution in [0, 0.1) is 11.3 Å². The molecule has 124 valence electrons. The molecule has 2 aliphatic rings. The molecule has 0 spiro atoms. The fourth-order valence-electron chi connectivity index (χ4n) is 4.87. The topological polar surface area (TPSA) is 54.4 Å². The van der Waals surface area contributed by atoms with Crippen molar-refractivity contribution in [3.05, 3.63) is 34.9 Å². The second-order valence-electron chi connectivity index (χ2n) is 8.01. The van der Waals surface area contributed by atoms with Crippen molar-refractivity contribution in [2.75, 3.05) is 0 Å². The number of rotatable bonds is 2. The number of fused-ring (bicyclic) bond motifs is 3. The van der Waals surface area contributed by atoms with Gasteiger partial charge in [-0.05, 0) is 60.1 Å². The Hall–Kier alpha value is -1.64. The molecule has 0 radical (unpaired) electrons. The zero-order valence-corrected chi connectivity index (χ0v) is 14.5. The summed E-state index contributed by atoms with van der Waals surface area (Å²) in [4.78, 5) is 24.3. The summed E-state index contributed by atoms with van der Waals surface area (Å²) in [6, 6.07) is 6.65. The second kappa shape index (κ2) is 5.19. The molecule has 23 heavy (non-hydrogen) atoms. The summed E-state index contributed by atoms with van der Waals surface area (Å²) >= 11 is 0. The zero-order chi connectivity index (χ0) is 17.0. The third kappa shape index (κ3) is 2.16. The molecule has 0 unspecified atom stereocenters. The predicted molar refractivity (Wildman–Crippen MR) is 89.7 cm³/mol. The fourth-order valence-corrected chi connectivity index (χ4v) is 4.87.